The van der Waals surface area contributed by atoms with Gasteiger partial charge in [0.2, 0.25) is 5.89 Å². The molecule has 1 aliphatic heterocycles. The molecule has 1 amide bonds. The quantitative estimate of drug-likeness (QED) is 0.701. The number of rotatable bonds is 5. The fourth-order valence-electron chi connectivity index (χ4n) is 3.03. The lowest BCUT2D eigenvalue weighted by atomic mass is 9.97. The van der Waals surface area contributed by atoms with Crippen molar-refractivity contribution in [1.29, 1.82) is 0 Å². The fraction of sp³-hybridized carbons (Fsp3) is 0.316. The van der Waals surface area contributed by atoms with Gasteiger partial charge in [-0.15, -0.1) is 10.2 Å². The van der Waals surface area contributed by atoms with Gasteiger partial charge in [0.05, 0.1) is 11.8 Å². The summed E-state index contributed by atoms with van der Waals surface area (Å²) in [6.45, 7) is 1.37. The van der Waals surface area contributed by atoms with Gasteiger partial charge < -0.3 is 18.5 Å². The average molecular weight is 353 g/mol. The molecule has 0 N–H and O–H groups in total. The minimum atomic E-state index is -0.00285. The summed E-state index contributed by atoms with van der Waals surface area (Å²) in [6, 6.07) is 11.1. The maximum Gasteiger partial charge on any atom is 0.260 e. The molecular weight excluding hydrogens is 334 g/mol. The number of ether oxygens (including phenoxy) is 1. The first-order chi connectivity index (χ1) is 12.8. The van der Waals surface area contributed by atoms with Crippen LogP contribution in [-0.4, -0.2) is 40.7 Å². The van der Waals surface area contributed by atoms with Crippen LogP contribution in [0, 0.1) is 0 Å². The Morgan fingerprint density at radius 2 is 1.96 bits per heavy atom. The van der Waals surface area contributed by atoms with Gasteiger partial charge in [0.25, 0.3) is 11.8 Å². The Bertz CT molecular complexity index is 837. The molecule has 0 bridgehead atoms. The van der Waals surface area contributed by atoms with Crippen LogP contribution in [0.4, 0.5) is 0 Å². The summed E-state index contributed by atoms with van der Waals surface area (Å²) in [5.74, 6) is 1.95. The zero-order valence-electron chi connectivity index (χ0n) is 14.2. The minimum Gasteiger partial charge on any atom is -0.484 e. The molecule has 0 spiro atoms. The van der Waals surface area contributed by atoms with Crippen LogP contribution in [0.2, 0.25) is 0 Å². The van der Waals surface area contributed by atoms with Crippen LogP contribution in [0.25, 0.3) is 11.5 Å². The molecule has 7 nitrogen and oxygen atoms in total. The van der Waals surface area contributed by atoms with Gasteiger partial charge in [-0.25, -0.2) is 0 Å². The third-order valence-corrected chi connectivity index (χ3v) is 4.51. The molecule has 1 aliphatic rings. The Labute approximate surface area is 150 Å². The second kappa shape index (κ2) is 7.43. The van der Waals surface area contributed by atoms with Crippen LogP contribution < -0.4 is 4.74 Å². The topological polar surface area (TPSA) is 81.6 Å². The molecule has 0 radical (unpaired) electrons. The summed E-state index contributed by atoms with van der Waals surface area (Å²) in [5, 5.41) is 8.23. The van der Waals surface area contributed by atoms with Gasteiger partial charge in [-0.3, -0.25) is 4.79 Å². The Morgan fingerprint density at radius 3 is 2.69 bits per heavy atom. The lowest BCUT2D eigenvalue weighted by Crippen LogP contribution is -2.40. The molecule has 1 saturated heterocycles. The largest absolute Gasteiger partial charge is 0.484 e. The number of carbonyl (C=O) groups excluding carboxylic acids is 1. The molecule has 7 heteroatoms. The van der Waals surface area contributed by atoms with E-state index in [9.17, 15) is 4.79 Å². The zero-order chi connectivity index (χ0) is 17.8. The SMILES string of the molecule is O=C(COc1ccccc1)N1CCC(c2nnc(-c3ccoc3)o2)CC1. The van der Waals surface area contributed by atoms with Gasteiger partial charge in [0.1, 0.15) is 12.0 Å². The van der Waals surface area contributed by atoms with E-state index in [4.69, 9.17) is 13.6 Å². The number of hydrogen-bond acceptors (Lipinski definition) is 6. The highest BCUT2D eigenvalue weighted by molar-refractivity contribution is 5.77. The van der Waals surface area contributed by atoms with Gasteiger partial charge >= 0.3 is 0 Å². The number of aromatic nitrogens is 2. The van der Waals surface area contributed by atoms with E-state index in [1.165, 1.54) is 0 Å². The van der Waals surface area contributed by atoms with E-state index < -0.39 is 0 Å². The molecule has 1 aromatic carbocycles. The standard InChI is InChI=1S/C19H19N3O4/c23-17(13-25-16-4-2-1-3-5-16)22-9-6-14(7-10-22)18-20-21-19(26-18)15-8-11-24-12-15/h1-5,8,11-12,14H,6-7,9-10,13H2. The van der Waals surface area contributed by atoms with Crippen molar-refractivity contribution in [3.05, 3.63) is 54.8 Å². The summed E-state index contributed by atoms with van der Waals surface area (Å²) < 4.78 is 16.3. The van der Waals surface area contributed by atoms with E-state index in [-0.39, 0.29) is 18.4 Å². The maximum atomic E-state index is 12.3. The summed E-state index contributed by atoms with van der Waals surface area (Å²) in [6.07, 6.45) is 4.74. The molecule has 0 atom stereocenters. The molecule has 0 aliphatic carbocycles. The van der Waals surface area contributed by atoms with Crippen molar-refractivity contribution in [2.24, 2.45) is 0 Å². The monoisotopic (exact) mass is 353 g/mol. The van der Waals surface area contributed by atoms with Crippen LogP contribution in [0.5, 0.6) is 5.75 Å². The molecule has 1 fully saturated rings. The van der Waals surface area contributed by atoms with Crippen molar-refractivity contribution in [2.75, 3.05) is 19.7 Å². The number of piperidine rings is 1. The van der Waals surface area contributed by atoms with Gasteiger partial charge in [-0.05, 0) is 31.0 Å². The van der Waals surface area contributed by atoms with Crippen LogP contribution >= 0.6 is 0 Å². The van der Waals surface area contributed by atoms with E-state index in [0.717, 1.165) is 18.4 Å². The molecule has 4 rings (SSSR count). The Hall–Kier alpha value is -3.09. The molecule has 134 valence electrons. The van der Waals surface area contributed by atoms with E-state index in [2.05, 4.69) is 10.2 Å². The summed E-state index contributed by atoms with van der Waals surface area (Å²) in [7, 11) is 0. The molecule has 0 unspecified atom stereocenters. The number of hydrogen-bond donors (Lipinski definition) is 0. The number of furan rings is 1. The Morgan fingerprint density at radius 1 is 1.15 bits per heavy atom. The van der Waals surface area contributed by atoms with Crippen LogP contribution in [0.15, 0.2) is 57.8 Å². The second-order valence-corrected chi connectivity index (χ2v) is 6.21. The van der Waals surface area contributed by atoms with Crippen molar-refractivity contribution < 1.29 is 18.4 Å². The van der Waals surface area contributed by atoms with Gasteiger partial charge in [-0.2, -0.15) is 0 Å². The lowest BCUT2D eigenvalue weighted by molar-refractivity contribution is -0.134. The first-order valence-corrected chi connectivity index (χ1v) is 8.61. The van der Waals surface area contributed by atoms with Crippen molar-refractivity contribution >= 4 is 5.91 Å². The summed E-state index contributed by atoms with van der Waals surface area (Å²) in [5.41, 5.74) is 0.773. The van der Waals surface area contributed by atoms with Crippen molar-refractivity contribution in [3.8, 4) is 17.2 Å². The summed E-state index contributed by atoms with van der Waals surface area (Å²) in [4.78, 5) is 14.1. The Balaban J connectivity index is 1.29. The third-order valence-electron chi connectivity index (χ3n) is 4.51. The molecule has 3 aromatic rings. The van der Waals surface area contributed by atoms with E-state index in [1.807, 2.05) is 35.2 Å². The number of benzene rings is 1. The molecule has 0 saturated carbocycles. The Kier molecular flexibility index (Phi) is 4.68. The number of likely N-dealkylation sites (tertiary alicyclic amines) is 1. The van der Waals surface area contributed by atoms with Crippen molar-refractivity contribution in [2.45, 2.75) is 18.8 Å². The van der Waals surface area contributed by atoms with E-state index in [1.54, 1.807) is 18.6 Å². The van der Waals surface area contributed by atoms with Gasteiger partial charge in [-0.1, -0.05) is 18.2 Å². The predicted octanol–water partition coefficient (Wildman–Crippen LogP) is 3.11. The molecular formula is C19H19N3O4. The average Bonchev–Trinajstić information content (AvgIpc) is 3.38. The smallest absolute Gasteiger partial charge is 0.260 e. The second-order valence-electron chi connectivity index (χ2n) is 6.21. The van der Waals surface area contributed by atoms with Crippen LogP contribution in [-0.2, 0) is 4.79 Å². The fourth-order valence-corrected chi connectivity index (χ4v) is 3.03. The zero-order valence-corrected chi connectivity index (χ0v) is 14.2. The van der Waals surface area contributed by atoms with Crippen LogP contribution in [0.1, 0.15) is 24.7 Å². The normalized spacial score (nSPS) is 15.2. The van der Waals surface area contributed by atoms with Gasteiger partial charge in [0, 0.05) is 19.0 Å². The minimum absolute atomic E-state index is 0.00285. The number of nitrogens with zero attached hydrogens (tertiary/aromatic N) is 3. The predicted molar refractivity (Wildman–Crippen MR) is 92.5 cm³/mol. The molecule has 2 aromatic heterocycles. The first-order valence-electron chi connectivity index (χ1n) is 8.61. The summed E-state index contributed by atoms with van der Waals surface area (Å²) >= 11 is 0. The van der Waals surface area contributed by atoms with E-state index >= 15 is 0 Å². The highest BCUT2D eigenvalue weighted by Crippen LogP contribution is 2.29. The maximum absolute atomic E-state index is 12.3. The van der Waals surface area contributed by atoms with E-state index in [0.29, 0.717) is 30.6 Å². The molecule has 26 heavy (non-hydrogen) atoms. The van der Waals surface area contributed by atoms with Crippen LogP contribution in [0.3, 0.4) is 0 Å². The first kappa shape index (κ1) is 16.4. The highest BCUT2D eigenvalue weighted by atomic mass is 16.5. The number of amides is 1. The number of carbonyl (C=O) groups is 1. The van der Waals surface area contributed by atoms with Crippen molar-refractivity contribution in [1.82, 2.24) is 15.1 Å². The van der Waals surface area contributed by atoms with Gasteiger partial charge in [0.15, 0.2) is 6.61 Å². The number of para-hydroxylation sites is 1. The third kappa shape index (κ3) is 3.61. The van der Waals surface area contributed by atoms with Crippen molar-refractivity contribution in [3.63, 3.8) is 0 Å². The molecule has 3 heterocycles. The lowest BCUT2D eigenvalue weighted by Gasteiger charge is -2.30. The highest BCUT2D eigenvalue weighted by Gasteiger charge is 2.27.